The Morgan fingerprint density at radius 1 is 0.870 bits per heavy atom. The summed E-state index contributed by atoms with van der Waals surface area (Å²) < 4.78 is 0. The Morgan fingerprint density at radius 3 is 2.39 bits per heavy atom. The van der Waals surface area contributed by atoms with E-state index in [0.717, 1.165) is 13.1 Å². The summed E-state index contributed by atoms with van der Waals surface area (Å²) in [7, 11) is 0. The van der Waals surface area contributed by atoms with E-state index in [4.69, 9.17) is 0 Å². The Balaban J connectivity index is 1.49. The smallest absolute Gasteiger partial charge is 0.0989 e. The van der Waals surface area contributed by atoms with Gasteiger partial charge in [-0.15, -0.1) is 0 Å². The normalized spacial score (nSPS) is 21.3. The van der Waals surface area contributed by atoms with Crippen molar-refractivity contribution in [2.45, 2.75) is 31.6 Å². The van der Waals surface area contributed by atoms with Crippen molar-refractivity contribution in [3.63, 3.8) is 0 Å². The molecule has 0 bridgehead atoms. The third-order valence-electron chi connectivity index (χ3n) is 5.13. The van der Waals surface area contributed by atoms with Crippen LogP contribution in [0.1, 0.15) is 37.2 Å². The molecular weight excluding hydrogens is 280 g/mol. The summed E-state index contributed by atoms with van der Waals surface area (Å²) in [5, 5.41) is 0. The van der Waals surface area contributed by atoms with Gasteiger partial charge in [0.15, 0.2) is 0 Å². The summed E-state index contributed by atoms with van der Waals surface area (Å²) in [4.78, 5) is 7.22. The molecule has 2 aliphatic rings. The van der Waals surface area contributed by atoms with Crippen LogP contribution in [-0.2, 0) is 0 Å². The van der Waals surface area contributed by atoms with Gasteiger partial charge in [-0.05, 0) is 36.0 Å². The van der Waals surface area contributed by atoms with Crippen LogP contribution >= 0.6 is 0 Å². The van der Waals surface area contributed by atoms with Gasteiger partial charge in [0.2, 0.25) is 0 Å². The number of hydrogen-bond donors (Lipinski definition) is 0. The zero-order chi connectivity index (χ0) is 15.5. The number of likely N-dealkylation sites (tertiary alicyclic amines) is 1. The molecule has 2 aliphatic heterocycles. The lowest BCUT2D eigenvalue weighted by molar-refractivity contribution is 0.306. The molecule has 2 heterocycles. The summed E-state index contributed by atoms with van der Waals surface area (Å²) in [5.74, 6) is 2.01. The third-order valence-corrected chi connectivity index (χ3v) is 5.13. The molecule has 2 nitrogen and oxygen atoms in total. The number of nitrogens with zero attached hydrogens (tertiary/aromatic N) is 2. The quantitative estimate of drug-likeness (QED) is 0.783. The third kappa shape index (κ3) is 3.17. The van der Waals surface area contributed by atoms with Crippen molar-refractivity contribution in [2.75, 3.05) is 19.6 Å². The van der Waals surface area contributed by atoms with Crippen LogP contribution in [0.15, 0.2) is 59.6 Å². The predicted molar refractivity (Wildman–Crippen MR) is 97.0 cm³/mol. The number of amidine groups is 1. The van der Waals surface area contributed by atoms with E-state index in [1.807, 2.05) is 0 Å². The van der Waals surface area contributed by atoms with Crippen molar-refractivity contribution in [1.82, 2.24) is 4.90 Å². The van der Waals surface area contributed by atoms with Gasteiger partial charge < -0.3 is 4.90 Å². The van der Waals surface area contributed by atoms with Crippen molar-refractivity contribution in [2.24, 2.45) is 4.99 Å². The molecule has 0 saturated carbocycles. The van der Waals surface area contributed by atoms with Crippen molar-refractivity contribution in [1.29, 1.82) is 0 Å². The highest BCUT2D eigenvalue weighted by atomic mass is 15.2. The second kappa shape index (κ2) is 6.57. The molecule has 4 rings (SSSR count). The maximum absolute atomic E-state index is 4.68. The van der Waals surface area contributed by atoms with E-state index in [9.17, 15) is 0 Å². The Labute approximate surface area is 138 Å². The molecule has 0 radical (unpaired) electrons. The van der Waals surface area contributed by atoms with Crippen LogP contribution in [0, 0.1) is 0 Å². The Kier molecular flexibility index (Phi) is 4.14. The van der Waals surface area contributed by atoms with E-state index in [1.165, 1.54) is 54.8 Å². The number of benzene rings is 2. The average Bonchev–Trinajstić information content (AvgIpc) is 3.18. The van der Waals surface area contributed by atoms with Crippen molar-refractivity contribution < 1.29 is 0 Å². The topological polar surface area (TPSA) is 15.6 Å². The molecule has 1 saturated heterocycles. The molecule has 23 heavy (non-hydrogen) atoms. The minimum Gasteiger partial charge on any atom is -0.360 e. The summed E-state index contributed by atoms with van der Waals surface area (Å²) in [6.45, 7) is 3.36. The minimum atomic E-state index is 0.650. The van der Waals surface area contributed by atoms with E-state index in [2.05, 4.69) is 64.5 Å². The molecule has 2 heteroatoms. The fourth-order valence-electron chi connectivity index (χ4n) is 3.84. The summed E-state index contributed by atoms with van der Waals surface area (Å²) in [6, 6.07) is 19.8. The molecule has 2 aromatic carbocycles. The van der Waals surface area contributed by atoms with Crippen molar-refractivity contribution in [3.8, 4) is 11.1 Å². The Hall–Kier alpha value is -2.09. The van der Waals surface area contributed by atoms with E-state index < -0.39 is 0 Å². The lowest BCUT2D eigenvalue weighted by Crippen LogP contribution is -2.38. The monoisotopic (exact) mass is 304 g/mol. The van der Waals surface area contributed by atoms with E-state index in [0.29, 0.717) is 5.92 Å². The van der Waals surface area contributed by atoms with Gasteiger partial charge in [-0.1, -0.05) is 54.6 Å². The summed E-state index contributed by atoms with van der Waals surface area (Å²) in [5.41, 5.74) is 4.08. The highest BCUT2D eigenvalue weighted by Gasteiger charge is 2.24. The highest BCUT2D eigenvalue weighted by molar-refractivity contribution is 5.83. The van der Waals surface area contributed by atoms with Crippen LogP contribution in [0.2, 0.25) is 0 Å². The van der Waals surface area contributed by atoms with Gasteiger partial charge in [-0.3, -0.25) is 4.99 Å². The molecule has 0 spiro atoms. The van der Waals surface area contributed by atoms with Gasteiger partial charge in [0.25, 0.3) is 0 Å². The van der Waals surface area contributed by atoms with Crippen LogP contribution in [0.25, 0.3) is 11.1 Å². The van der Waals surface area contributed by atoms with Crippen molar-refractivity contribution >= 4 is 5.84 Å². The molecule has 0 N–H and O–H groups in total. The summed E-state index contributed by atoms with van der Waals surface area (Å²) in [6.07, 6.45) is 5.00. The highest BCUT2D eigenvalue weighted by Crippen LogP contribution is 2.30. The Bertz CT molecular complexity index is 673. The number of hydrogen-bond acceptors (Lipinski definition) is 2. The van der Waals surface area contributed by atoms with Gasteiger partial charge in [-0.25, -0.2) is 0 Å². The van der Waals surface area contributed by atoms with Crippen molar-refractivity contribution in [3.05, 3.63) is 60.2 Å². The molecule has 0 aliphatic carbocycles. The molecule has 0 aromatic heterocycles. The van der Waals surface area contributed by atoms with Crippen LogP contribution < -0.4 is 0 Å². The lowest BCUT2D eigenvalue weighted by atomic mass is 9.89. The standard InChI is InChI=1S/C21H24N2/c1-2-6-17(7-3-1)18-10-12-19(13-11-18)20-8-5-15-23(16-20)21-9-4-14-22-21/h1-3,6-7,10-13,20H,4-5,8-9,14-16H2/t20-/m1/s1. The predicted octanol–water partition coefficient (Wildman–Crippen LogP) is 4.73. The minimum absolute atomic E-state index is 0.650. The van der Waals surface area contributed by atoms with Crippen LogP contribution in [-0.4, -0.2) is 30.4 Å². The molecule has 1 fully saturated rings. The van der Waals surface area contributed by atoms with Crippen LogP contribution in [0.3, 0.4) is 0 Å². The fourth-order valence-corrected chi connectivity index (χ4v) is 3.84. The maximum atomic E-state index is 4.68. The SMILES string of the molecule is c1ccc(-c2ccc([C@@H]3CCCN(C4=NCCC4)C3)cc2)cc1. The summed E-state index contributed by atoms with van der Waals surface area (Å²) >= 11 is 0. The van der Waals surface area contributed by atoms with Crippen LogP contribution in [0.5, 0.6) is 0 Å². The first-order valence-corrected chi connectivity index (χ1v) is 8.84. The number of aliphatic imine (C=N–C) groups is 1. The van der Waals surface area contributed by atoms with E-state index in [1.54, 1.807) is 0 Å². The lowest BCUT2D eigenvalue weighted by Gasteiger charge is -2.34. The first kappa shape index (κ1) is 14.5. The van der Waals surface area contributed by atoms with Gasteiger partial charge in [0.05, 0.1) is 5.84 Å². The second-order valence-corrected chi connectivity index (χ2v) is 6.67. The molecule has 118 valence electrons. The zero-order valence-corrected chi connectivity index (χ0v) is 13.6. The van der Waals surface area contributed by atoms with Gasteiger partial charge >= 0.3 is 0 Å². The molecule has 0 amide bonds. The molecule has 0 unspecified atom stereocenters. The largest absolute Gasteiger partial charge is 0.360 e. The average molecular weight is 304 g/mol. The molecular formula is C21H24N2. The first-order valence-electron chi connectivity index (χ1n) is 8.84. The fraction of sp³-hybridized carbons (Fsp3) is 0.381. The Morgan fingerprint density at radius 2 is 1.65 bits per heavy atom. The van der Waals surface area contributed by atoms with Gasteiger partial charge in [0.1, 0.15) is 0 Å². The zero-order valence-electron chi connectivity index (χ0n) is 13.6. The van der Waals surface area contributed by atoms with E-state index in [-0.39, 0.29) is 0 Å². The van der Waals surface area contributed by atoms with Gasteiger partial charge in [-0.2, -0.15) is 0 Å². The maximum Gasteiger partial charge on any atom is 0.0989 e. The van der Waals surface area contributed by atoms with Gasteiger partial charge in [0, 0.05) is 32.0 Å². The number of rotatable bonds is 2. The van der Waals surface area contributed by atoms with E-state index >= 15 is 0 Å². The van der Waals surface area contributed by atoms with Crippen LogP contribution in [0.4, 0.5) is 0 Å². The second-order valence-electron chi connectivity index (χ2n) is 6.67. The molecule has 1 atom stereocenters. The molecule has 2 aromatic rings. The first-order chi connectivity index (χ1) is 11.4. The number of piperidine rings is 1.